The zero-order chi connectivity index (χ0) is 30.7. The topological polar surface area (TPSA) is 119 Å². The van der Waals surface area contributed by atoms with Crippen LogP contribution in [0.25, 0.3) is 10.9 Å². The minimum atomic E-state index is -0.888. The van der Waals surface area contributed by atoms with Gasteiger partial charge in [-0.1, -0.05) is 48.5 Å². The van der Waals surface area contributed by atoms with E-state index in [0.717, 1.165) is 10.9 Å². The van der Waals surface area contributed by atoms with Gasteiger partial charge >= 0.3 is 5.97 Å². The molecule has 0 fully saturated rings. The van der Waals surface area contributed by atoms with Gasteiger partial charge in [0.05, 0.1) is 19.2 Å². The number of hydrogen-bond donors (Lipinski definition) is 3. The molecule has 0 radical (unpaired) electrons. The molecule has 1 atom stereocenters. The number of rotatable bonds is 14. The molecule has 1 amide bonds. The third kappa shape index (κ3) is 7.90. The van der Waals surface area contributed by atoms with Crippen molar-refractivity contribution in [3.63, 3.8) is 0 Å². The van der Waals surface area contributed by atoms with Crippen LogP contribution in [0, 0.1) is 0 Å². The van der Waals surface area contributed by atoms with E-state index in [4.69, 9.17) is 14.2 Å². The maximum Gasteiger partial charge on any atom is 0.321 e. The lowest BCUT2D eigenvalue weighted by molar-refractivity contribution is -0.139. The Hall–Kier alpha value is -5.41. The number of hydrogen-bond acceptors (Lipinski definition) is 7. The summed E-state index contributed by atoms with van der Waals surface area (Å²) in [4.78, 5) is 28.6. The predicted molar refractivity (Wildman–Crippen MR) is 169 cm³/mol. The molecule has 5 rings (SSSR count). The second-order valence-electron chi connectivity index (χ2n) is 10.0. The number of pyridine rings is 1. The number of carboxylic acid groups (broad SMARTS) is 1. The van der Waals surface area contributed by atoms with Crippen LogP contribution in [0.3, 0.4) is 0 Å². The van der Waals surface area contributed by atoms with Gasteiger partial charge in [0.2, 0.25) is 0 Å². The average Bonchev–Trinajstić information content (AvgIpc) is 3.05. The Morgan fingerprint density at radius 3 is 2.30 bits per heavy atom. The number of carbonyl (C=O) groups excluding carboxylic acids is 1. The lowest BCUT2D eigenvalue weighted by Crippen LogP contribution is -2.39. The second kappa shape index (κ2) is 14.7. The molecule has 224 valence electrons. The SMILES string of the molecule is COc1cc2c(Oc3ccc(NC(=O)c4ccccc4)cc3)ccnc2cc1OCCCN[C@@H](Cc1ccccc1)C(=O)O. The maximum atomic E-state index is 12.4. The van der Waals surface area contributed by atoms with Crippen LogP contribution in [0.1, 0.15) is 22.3 Å². The van der Waals surface area contributed by atoms with Crippen LogP contribution in [0.15, 0.2) is 109 Å². The molecule has 9 heteroatoms. The molecule has 0 unspecified atom stereocenters. The smallest absolute Gasteiger partial charge is 0.321 e. The first-order valence-electron chi connectivity index (χ1n) is 14.2. The van der Waals surface area contributed by atoms with Crippen LogP contribution < -0.4 is 24.8 Å². The predicted octanol–water partition coefficient (Wildman–Crippen LogP) is 6.34. The van der Waals surface area contributed by atoms with Gasteiger partial charge in [0.1, 0.15) is 17.5 Å². The van der Waals surface area contributed by atoms with Gasteiger partial charge in [0.15, 0.2) is 11.5 Å². The van der Waals surface area contributed by atoms with Gasteiger partial charge in [0, 0.05) is 28.9 Å². The monoisotopic (exact) mass is 591 g/mol. The molecule has 1 aromatic heterocycles. The highest BCUT2D eigenvalue weighted by atomic mass is 16.5. The summed E-state index contributed by atoms with van der Waals surface area (Å²) in [5.74, 6) is 1.16. The molecule has 0 aliphatic heterocycles. The molecule has 9 nitrogen and oxygen atoms in total. The van der Waals surface area contributed by atoms with E-state index in [9.17, 15) is 14.7 Å². The molecule has 1 heterocycles. The van der Waals surface area contributed by atoms with Crippen molar-refractivity contribution < 1.29 is 28.9 Å². The Kier molecular flexibility index (Phi) is 10.0. The third-order valence-corrected chi connectivity index (χ3v) is 6.91. The molecule has 0 saturated carbocycles. The number of nitrogens with one attached hydrogen (secondary N) is 2. The number of ether oxygens (including phenoxy) is 3. The highest BCUT2D eigenvalue weighted by Crippen LogP contribution is 2.37. The van der Waals surface area contributed by atoms with Crippen LogP contribution in [-0.2, 0) is 11.2 Å². The third-order valence-electron chi connectivity index (χ3n) is 6.91. The van der Waals surface area contributed by atoms with Crippen molar-refractivity contribution in [3.8, 4) is 23.0 Å². The summed E-state index contributed by atoms with van der Waals surface area (Å²) in [5.41, 5.74) is 2.86. The fraction of sp³-hybridized carbons (Fsp3) is 0.171. The van der Waals surface area contributed by atoms with Crippen molar-refractivity contribution in [2.45, 2.75) is 18.9 Å². The number of methoxy groups -OCH3 is 1. The van der Waals surface area contributed by atoms with Crippen molar-refractivity contribution in [1.82, 2.24) is 10.3 Å². The van der Waals surface area contributed by atoms with Crippen molar-refractivity contribution in [2.24, 2.45) is 0 Å². The summed E-state index contributed by atoms with van der Waals surface area (Å²) in [6.45, 7) is 0.834. The van der Waals surface area contributed by atoms with E-state index in [0.29, 0.717) is 65.8 Å². The summed E-state index contributed by atoms with van der Waals surface area (Å²) in [6.07, 6.45) is 2.66. The first-order valence-corrected chi connectivity index (χ1v) is 14.2. The molecule has 0 spiro atoms. The minimum absolute atomic E-state index is 0.187. The van der Waals surface area contributed by atoms with E-state index in [1.807, 2.05) is 54.6 Å². The summed E-state index contributed by atoms with van der Waals surface area (Å²) in [6, 6.07) is 30.4. The largest absolute Gasteiger partial charge is 0.493 e. The first kappa shape index (κ1) is 30.1. The van der Waals surface area contributed by atoms with Crippen LogP contribution >= 0.6 is 0 Å². The summed E-state index contributed by atoms with van der Waals surface area (Å²) < 4.78 is 17.8. The van der Waals surface area contributed by atoms with Gasteiger partial charge in [-0.15, -0.1) is 0 Å². The van der Waals surface area contributed by atoms with Crippen LogP contribution in [-0.4, -0.2) is 48.3 Å². The second-order valence-corrected chi connectivity index (χ2v) is 10.0. The van der Waals surface area contributed by atoms with Gasteiger partial charge in [-0.2, -0.15) is 0 Å². The quantitative estimate of drug-likeness (QED) is 0.128. The number of aromatic nitrogens is 1. The van der Waals surface area contributed by atoms with Crippen molar-refractivity contribution >= 4 is 28.5 Å². The number of fused-ring (bicyclic) bond motifs is 1. The van der Waals surface area contributed by atoms with Gasteiger partial charge in [-0.3, -0.25) is 14.6 Å². The van der Waals surface area contributed by atoms with E-state index >= 15 is 0 Å². The van der Waals surface area contributed by atoms with E-state index in [1.165, 1.54) is 0 Å². The lowest BCUT2D eigenvalue weighted by atomic mass is 10.1. The molecular formula is C35H33N3O6. The van der Waals surface area contributed by atoms with E-state index in [-0.39, 0.29) is 5.91 Å². The number of carboxylic acids is 1. The lowest BCUT2D eigenvalue weighted by Gasteiger charge is -2.16. The van der Waals surface area contributed by atoms with E-state index < -0.39 is 12.0 Å². The van der Waals surface area contributed by atoms with Gasteiger partial charge in [0.25, 0.3) is 5.91 Å². The normalized spacial score (nSPS) is 11.5. The molecule has 0 aliphatic rings. The fourth-order valence-electron chi connectivity index (χ4n) is 4.64. The van der Waals surface area contributed by atoms with Crippen molar-refractivity contribution in [2.75, 3.05) is 25.6 Å². The van der Waals surface area contributed by atoms with Crippen LogP contribution in [0.5, 0.6) is 23.0 Å². The van der Waals surface area contributed by atoms with Gasteiger partial charge in [-0.05, 0) is 73.5 Å². The van der Waals surface area contributed by atoms with E-state index in [1.54, 1.807) is 61.8 Å². The maximum absolute atomic E-state index is 12.4. The van der Waals surface area contributed by atoms with Gasteiger partial charge < -0.3 is 30.0 Å². The van der Waals surface area contributed by atoms with Gasteiger partial charge in [-0.25, -0.2) is 0 Å². The first-order chi connectivity index (χ1) is 21.5. The Labute approximate surface area is 255 Å². The molecule has 0 saturated heterocycles. The number of amides is 1. The molecule has 5 aromatic rings. The molecule has 0 bridgehead atoms. The number of benzene rings is 4. The zero-order valence-corrected chi connectivity index (χ0v) is 24.2. The summed E-state index contributed by atoms with van der Waals surface area (Å²) in [5, 5.41) is 16.3. The number of aliphatic carboxylic acids is 1. The number of nitrogens with zero attached hydrogens (tertiary/aromatic N) is 1. The zero-order valence-electron chi connectivity index (χ0n) is 24.2. The summed E-state index contributed by atoms with van der Waals surface area (Å²) in [7, 11) is 1.57. The Morgan fingerprint density at radius 1 is 0.864 bits per heavy atom. The van der Waals surface area contributed by atoms with Crippen molar-refractivity contribution in [1.29, 1.82) is 0 Å². The van der Waals surface area contributed by atoms with Crippen molar-refractivity contribution in [3.05, 3.63) is 120 Å². The van der Waals surface area contributed by atoms with Crippen LogP contribution in [0.4, 0.5) is 5.69 Å². The Balaban J connectivity index is 1.19. The standard InChI is InChI=1S/C35H33N3O6/c1-42-32-22-28-29(23-33(32)43-20-8-18-36-30(35(40)41)21-24-9-4-2-5-10-24)37-19-17-31(28)44-27-15-13-26(14-16-27)38-34(39)25-11-6-3-7-12-25/h2-7,9-17,19,22-23,30,36H,8,18,20-21H2,1H3,(H,38,39)(H,40,41)/t30-/m0/s1. The molecule has 0 aliphatic carbocycles. The highest BCUT2D eigenvalue weighted by molar-refractivity contribution is 6.04. The molecular weight excluding hydrogens is 558 g/mol. The Morgan fingerprint density at radius 2 is 1.59 bits per heavy atom. The minimum Gasteiger partial charge on any atom is -0.493 e. The van der Waals surface area contributed by atoms with Crippen LogP contribution in [0.2, 0.25) is 0 Å². The summed E-state index contributed by atoms with van der Waals surface area (Å²) >= 11 is 0. The average molecular weight is 592 g/mol. The molecule has 44 heavy (non-hydrogen) atoms. The highest BCUT2D eigenvalue weighted by Gasteiger charge is 2.17. The number of carbonyl (C=O) groups is 2. The number of anilines is 1. The fourth-order valence-corrected chi connectivity index (χ4v) is 4.64. The molecule has 4 aromatic carbocycles. The Bertz CT molecular complexity index is 1700. The van der Waals surface area contributed by atoms with E-state index in [2.05, 4.69) is 15.6 Å². The molecule has 3 N–H and O–H groups in total.